The second-order valence-electron chi connectivity index (χ2n) is 5.44. The fraction of sp³-hybridized carbons (Fsp3) is 0.222. The molecule has 0 fully saturated rings. The molecule has 2 N–H and O–H groups in total. The molecular weight excluding hydrogens is 290 g/mol. The Labute approximate surface area is 134 Å². The molecule has 2 aromatic heterocycles. The van der Waals surface area contributed by atoms with Gasteiger partial charge in [-0.2, -0.15) is 0 Å². The molecule has 5 heteroatoms. The highest BCUT2D eigenvalue weighted by Crippen LogP contribution is 2.09. The first kappa shape index (κ1) is 15.2. The summed E-state index contributed by atoms with van der Waals surface area (Å²) in [6, 6.07) is 14.8. The van der Waals surface area contributed by atoms with Crippen LogP contribution in [0, 0.1) is 0 Å². The van der Waals surface area contributed by atoms with E-state index in [0.717, 1.165) is 16.9 Å². The standard InChI is InChI=1S/C18H19N3O2/c19-16(18(22)23-13-14-6-2-1-3-7-14)10-9-15-12-21-11-5-4-8-17(21)20-15/h1-8,11-12,16H,9-10,13,19H2. The van der Waals surface area contributed by atoms with Gasteiger partial charge in [0.1, 0.15) is 18.3 Å². The Hall–Kier alpha value is -2.66. The zero-order valence-electron chi connectivity index (χ0n) is 12.8. The van der Waals surface area contributed by atoms with E-state index in [1.54, 1.807) is 0 Å². The summed E-state index contributed by atoms with van der Waals surface area (Å²) in [4.78, 5) is 16.4. The number of nitrogens with two attached hydrogens (primary N) is 1. The van der Waals surface area contributed by atoms with Gasteiger partial charge in [0.25, 0.3) is 0 Å². The van der Waals surface area contributed by atoms with Crippen LogP contribution in [0.1, 0.15) is 17.7 Å². The second kappa shape index (κ2) is 7.07. The van der Waals surface area contributed by atoms with Crippen molar-refractivity contribution in [1.29, 1.82) is 0 Å². The first-order valence-corrected chi connectivity index (χ1v) is 7.61. The Kier molecular flexibility index (Phi) is 4.68. The number of aromatic nitrogens is 2. The third kappa shape index (κ3) is 3.96. The number of carbonyl (C=O) groups excluding carboxylic acids is 1. The lowest BCUT2D eigenvalue weighted by atomic mass is 10.1. The van der Waals surface area contributed by atoms with E-state index in [0.29, 0.717) is 12.8 Å². The summed E-state index contributed by atoms with van der Waals surface area (Å²) in [5.74, 6) is -0.377. The van der Waals surface area contributed by atoms with Crippen LogP contribution in [0.5, 0.6) is 0 Å². The van der Waals surface area contributed by atoms with Gasteiger partial charge in [0.15, 0.2) is 0 Å². The summed E-state index contributed by atoms with van der Waals surface area (Å²) in [6.45, 7) is 0.252. The van der Waals surface area contributed by atoms with Crippen molar-refractivity contribution in [2.24, 2.45) is 5.73 Å². The summed E-state index contributed by atoms with van der Waals surface area (Å²) < 4.78 is 7.20. The van der Waals surface area contributed by atoms with Crippen LogP contribution in [0.2, 0.25) is 0 Å². The Balaban J connectivity index is 1.50. The number of esters is 1. The van der Waals surface area contributed by atoms with E-state index in [9.17, 15) is 4.79 Å². The van der Waals surface area contributed by atoms with Gasteiger partial charge in [-0.3, -0.25) is 4.79 Å². The van der Waals surface area contributed by atoms with Gasteiger partial charge in [-0.25, -0.2) is 4.98 Å². The molecular formula is C18H19N3O2. The van der Waals surface area contributed by atoms with Crippen molar-refractivity contribution < 1.29 is 9.53 Å². The summed E-state index contributed by atoms with van der Waals surface area (Å²) in [6.07, 6.45) is 5.05. The Morgan fingerprint density at radius 2 is 1.96 bits per heavy atom. The maximum absolute atomic E-state index is 11.9. The lowest BCUT2D eigenvalue weighted by Gasteiger charge is -2.10. The van der Waals surface area contributed by atoms with E-state index in [4.69, 9.17) is 10.5 Å². The fourth-order valence-corrected chi connectivity index (χ4v) is 2.36. The Morgan fingerprint density at radius 3 is 2.74 bits per heavy atom. The smallest absolute Gasteiger partial charge is 0.323 e. The van der Waals surface area contributed by atoms with Gasteiger partial charge in [0.2, 0.25) is 0 Å². The predicted octanol–water partition coefficient (Wildman–Crippen LogP) is 2.34. The van der Waals surface area contributed by atoms with Gasteiger partial charge < -0.3 is 14.9 Å². The zero-order chi connectivity index (χ0) is 16.1. The molecule has 0 radical (unpaired) electrons. The number of aryl methyl sites for hydroxylation is 1. The molecule has 3 rings (SSSR count). The highest BCUT2D eigenvalue weighted by atomic mass is 16.5. The third-order valence-corrected chi connectivity index (χ3v) is 3.65. The van der Waals surface area contributed by atoms with Crippen molar-refractivity contribution in [3.63, 3.8) is 0 Å². The number of ether oxygens (including phenoxy) is 1. The molecule has 0 spiro atoms. The monoisotopic (exact) mass is 309 g/mol. The van der Waals surface area contributed by atoms with Crippen LogP contribution in [0.15, 0.2) is 60.9 Å². The molecule has 0 aliphatic carbocycles. The van der Waals surface area contributed by atoms with Crippen LogP contribution >= 0.6 is 0 Å². The fourth-order valence-electron chi connectivity index (χ4n) is 2.36. The van der Waals surface area contributed by atoms with Crippen LogP contribution in [0.3, 0.4) is 0 Å². The number of rotatable bonds is 6. The van der Waals surface area contributed by atoms with Crippen molar-refractivity contribution in [1.82, 2.24) is 9.38 Å². The van der Waals surface area contributed by atoms with Crippen molar-refractivity contribution in [3.8, 4) is 0 Å². The summed E-state index contributed by atoms with van der Waals surface area (Å²) in [5, 5.41) is 0. The summed E-state index contributed by atoms with van der Waals surface area (Å²) in [7, 11) is 0. The minimum Gasteiger partial charge on any atom is -0.460 e. The van der Waals surface area contributed by atoms with Crippen molar-refractivity contribution in [2.45, 2.75) is 25.5 Å². The van der Waals surface area contributed by atoms with E-state index in [1.165, 1.54) is 0 Å². The van der Waals surface area contributed by atoms with Crippen LogP contribution < -0.4 is 5.73 Å². The SMILES string of the molecule is NC(CCc1cn2ccccc2n1)C(=O)OCc1ccccc1. The molecule has 2 heterocycles. The van der Waals surface area contributed by atoms with Crippen molar-refractivity contribution in [2.75, 3.05) is 0 Å². The van der Waals surface area contributed by atoms with Gasteiger partial charge in [-0.05, 0) is 30.5 Å². The second-order valence-corrected chi connectivity index (χ2v) is 5.44. The van der Waals surface area contributed by atoms with Gasteiger partial charge in [0, 0.05) is 12.4 Å². The molecule has 0 bridgehead atoms. The van der Waals surface area contributed by atoms with Crippen molar-refractivity contribution >= 4 is 11.6 Å². The maximum atomic E-state index is 11.9. The number of fused-ring (bicyclic) bond motifs is 1. The molecule has 3 aromatic rings. The van der Waals surface area contributed by atoms with Crippen molar-refractivity contribution in [3.05, 3.63) is 72.2 Å². The number of benzene rings is 1. The number of carbonyl (C=O) groups is 1. The number of hydrogen-bond acceptors (Lipinski definition) is 4. The first-order valence-electron chi connectivity index (χ1n) is 7.61. The number of hydrogen-bond donors (Lipinski definition) is 1. The Bertz CT molecular complexity index is 750. The Morgan fingerprint density at radius 1 is 1.17 bits per heavy atom. The molecule has 0 saturated heterocycles. The zero-order valence-corrected chi connectivity index (χ0v) is 12.8. The molecule has 23 heavy (non-hydrogen) atoms. The molecule has 1 unspecified atom stereocenters. The largest absolute Gasteiger partial charge is 0.460 e. The van der Waals surface area contributed by atoms with Gasteiger partial charge >= 0.3 is 5.97 Å². The normalized spacial score (nSPS) is 12.2. The molecule has 0 saturated carbocycles. The lowest BCUT2D eigenvalue weighted by Crippen LogP contribution is -2.32. The van der Waals surface area contributed by atoms with E-state index in [1.807, 2.05) is 65.3 Å². The average Bonchev–Trinajstić information content (AvgIpc) is 3.01. The molecule has 0 amide bonds. The molecule has 1 atom stereocenters. The average molecular weight is 309 g/mol. The quantitative estimate of drug-likeness (QED) is 0.710. The first-order chi connectivity index (χ1) is 11.2. The van der Waals surface area contributed by atoms with E-state index >= 15 is 0 Å². The minimum absolute atomic E-state index is 0.252. The highest BCUT2D eigenvalue weighted by Gasteiger charge is 2.16. The molecule has 1 aromatic carbocycles. The molecule has 118 valence electrons. The predicted molar refractivity (Wildman–Crippen MR) is 87.7 cm³/mol. The maximum Gasteiger partial charge on any atom is 0.323 e. The molecule has 0 aliphatic rings. The van der Waals surface area contributed by atoms with Crippen LogP contribution in [0.4, 0.5) is 0 Å². The third-order valence-electron chi connectivity index (χ3n) is 3.65. The summed E-state index contributed by atoms with van der Waals surface area (Å²) in [5.41, 5.74) is 8.68. The molecule has 5 nitrogen and oxygen atoms in total. The van der Waals surface area contributed by atoms with Gasteiger partial charge in [0.05, 0.1) is 5.69 Å². The van der Waals surface area contributed by atoms with Crippen LogP contribution in [0.25, 0.3) is 5.65 Å². The van der Waals surface area contributed by atoms with Crippen LogP contribution in [-0.2, 0) is 22.6 Å². The minimum atomic E-state index is -0.636. The van der Waals surface area contributed by atoms with E-state index in [2.05, 4.69) is 4.98 Å². The highest BCUT2D eigenvalue weighted by molar-refractivity contribution is 5.75. The number of imidazole rings is 1. The van der Waals surface area contributed by atoms with E-state index < -0.39 is 6.04 Å². The molecule has 0 aliphatic heterocycles. The number of nitrogens with zero attached hydrogens (tertiary/aromatic N) is 2. The van der Waals surface area contributed by atoms with E-state index in [-0.39, 0.29) is 12.6 Å². The lowest BCUT2D eigenvalue weighted by molar-refractivity contribution is -0.146. The van der Waals surface area contributed by atoms with Crippen LogP contribution in [-0.4, -0.2) is 21.4 Å². The summed E-state index contributed by atoms with van der Waals surface area (Å²) >= 11 is 0. The van der Waals surface area contributed by atoms with Gasteiger partial charge in [-0.15, -0.1) is 0 Å². The number of pyridine rings is 1. The topological polar surface area (TPSA) is 69.6 Å². The van der Waals surface area contributed by atoms with Gasteiger partial charge in [-0.1, -0.05) is 36.4 Å².